The molecular weight excluding hydrogens is 378 g/mol. The van der Waals surface area contributed by atoms with E-state index in [1.807, 2.05) is 35.4 Å². The minimum atomic E-state index is -0.403. The molecule has 1 aliphatic heterocycles. The number of para-hydroxylation sites is 2. The van der Waals surface area contributed by atoms with Crippen molar-refractivity contribution in [1.82, 2.24) is 19.8 Å². The highest BCUT2D eigenvalue weighted by Gasteiger charge is 2.20. The van der Waals surface area contributed by atoms with Crippen molar-refractivity contribution in [3.05, 3.63) is 45.9 Å². The van der Waals surface area contributed by atoms with Crippen molar-refractivity contribution in [2.24, 2.45) is 0 Å². The number of hydrogen-bond donors (Lipinski definition) is 1. The van der Waals surface area contributed by atoms with E-state index in [2.05, 4.69) is 15.2 Å². The van der Waals surface area contributed by atoms with Gasteiger partial charge in [-0.15, -0.1) is 11.3 Å². The third kappa shape index (κ3) is 3.89. The lowest BCUT2D eigenvalue weighted by Crippen LogP contribution is -2.43. The number of benzene rings is 1. The molecule has 1 saturated heterocycles. The van der Waals surface area contributed by atoms with Crippen LogP contribution in [0.1, 0.15) is 12.1 Å². The van der Waals surface area contributed by atoms with Crippen molar-refractivity contribution in [2.75, 3.05) is 37.6 Å². The number of aromatic nitrogens is 2. The van der Waals surface area contributed by atoms with Crippen LogP contribution in [0.2, 0.25) is 0 Å². The Morgan fingerprint density at radius 2 is 2.11 bits per heavy atom. The second-order valence-electron chi connectivity index (χ2n) is 6.82. The second kappa shape index (κ2) is 8.05. The standard InChI is InChI=1S/C19H23N5O3S/c1-14-13-28-18(21-14)23-9-4-8-22(11-12-23)17(25)20-7-10-24-15-5-2-3-6-16(15)27-19(24)26/h2-3,5-6,13H,4,7-12H2,1H3,(H,20,25). The minimum Gasteiger partial charge on any atom is -0.408 e. The topological polar surface area (TPSA) is 83.6 Å². The molecule has 1 fully saturated rings. The third-order valence-electron chi connectivity index (χ3n) is 4.85. The third-order valence-corrected chi connectivity index (χ3v) is 5.87. The molecule has 3 aromatic rings. The van der Waals surface area contributed by atoms with Crippen molar-refractivity contribution >= 4 is 33.6 Å². The molecule has 1 N–H and O–H groups in total. The number of fused-ring (bicyclic) bond motifs is 1. The van der Waals surface area contributed by atoms with Gasteiger partial charge >= 0.3 is 11.8 Å². The highest BCUT2D eigenvalue weighted by molar-refractivity contribution is 7.13. The summed E-state index contributed by atoms with van der Waals surface area (Å²) in [5, 5.41) is 5.99. The second-order valence-corrected chi connectivity index (χ2v) is 7.65. The van der Waals surface area contributed by atoms with E-state index in [4.69, 9.17) is 4.42 Å². The summed E-state index contributed by atoms with van der Waals surface area (Å²) in [6.45, 7) is 5.76. The van der Waals surface area contributed by atoms with Gasteiger partial charge in [-0.25, -0.2) is 14.6 Å². The average Bonchev–Trinajstić information content (AvgIpc) is 3.15. The van der Waals surface area contributed by atoms with Crippen LogP contribution in [0.3, 0.4) is 0 Å². The first-order chi connectivity index (χ1) is 13.6. The van der Waals surface area contributed by atoms with Gasteiger partial charge in [0.25, 0.3) is 0 Å². The fourth-order valence-electron chi connectivity index (χ4n) is 3.41. The van der Waals surface area contributed by atoms with Crippen molar-refractivity contribution in [2.45, 2.75) is 19.9 Å². The molecule has 28 heavy (non-hydrogen) atoms. The van der Waals surface area contributed by atoms with Gasteiger partial charge in [0.05, 0.1) is 11.2 Å². The lowest BCUT2D eigenvalue weighted by molar-refractivity contribution is 0.201. The first-order valence-electron chi connectivity index (χ1n) is 9.40. The molecule has 148 valence electrons. The molecule has 0 aliphatic carbocycles. The first kappa shape index (κ1) is 18.5. The van der Waals surface area contributed by atoms with E-state index in [-0.39, 0.29) is 6.03 Å². The molecule has 2 amide bonds. The van der Waals surface area contributed by atoms with Crippen LogP contribution in [0.5, 0.6) is 0 Å². The summed E-state index contributed by atoms with van der Waals surface area (Å²) in [5.74, 6) is -0.403. The molecule has 0 unspecified atom stereocenters. The van der Waals surface area contributed by atoms with Gasteiger partial charge < -0.3 is 19.5 Å². The van der Waals surface area contributed by atoms with Crippen LogP contribution in [-0.4, -0.2) is 53.2 Å². The Bertz CT molecular complexity index is 1020. The first-order valence-corrected chi connectivity index (χ1v) is 10.3. The van der Waals surface area contributed by atoms with Crippen LogP contribution in [0.25, 0.3) is 11.1 Å². The van der Waals surface area contributed by atoms with Gasteiger partial charge in [0.15, 0.2) is 10.7 Å². The van der Waals surface area contributed by atoms with Crippen molar-refractivity contribution in [3.8, 4) is 0 Å². The van der Waals surface area contributed by atoms with Crippen LogP contribution < -0.4 is 16.0 Å². The van der Waals surface area contributed by atoms with Crippen LogP contribution in [0, 0.1) is 6.92 Å². The highest BCUT2D eigenvalue weighted by Crippen LogP contribution is 2.21. The maximum Gasteiger partial charge on any atom is 0.420 e. The van der Waals surface area contributed by atoms with E-state index >= 15 is 0 Å². The smallest absolute Gasteiger partial charge is 0.408 e. The largest absolute Gasteiger partial charge is 0.420 e. The Hall–Kier alpha value is -2.81. The zero-order valence-corrected chi connectivity index (χ0v) is 16.6. The summed E-state index contributed by atoms with van der Waals surface area (Å²) < 4.78 is 6.76. The van der Waals surface area contributed by atoms with Gasteiger partial charge in [0, 0.05) is 44.6 Å². The Labute approximate surface area is 166 Å². The van der Waals surface area contributed by atoms with E-state index in [1.54, 1.807) is 22.0 Å². The lowest BCUT2D eigenvalue weighted by atomic mass is 10.3. The molecule has 8 nitrogen and oxygen atoms in total. The predicted octanol–water partition coefficient (Wildman–Crippen LogP) is 2.28. The zero-order chi connectivity index (χ0) is 19.5. The zero-order valence-electron chi connectivity index (χ0n) is 15.8. The SMILES string of the molecule is Cc1csc(N2CCCN(C(=O)NCCn3c(=O)oc4ccccc43)CC2)n1. The van der Waals surface area contributed by atoms with Crippen LogP contribution in [0.15, 0.2) is 38.9 Å². The fraction of sp³-hybridized carbons (Fsp3) is 0.421. The normalized spacial score (nSPS) is 15.0. The number of oxazole rings is 1. The molecular formula is C19H23N5O3S. The van der Waals surface area contributed by atoms with Crippen molar-refractivity contribution in [3.63, 3.8) is 0 Å². The van der Waals surface area contributed by atoms with Crippen LogP contribution in [0.4, 0.5) is 9.93 Å². The number of urea groups is 1. The number of carbonyl (C=O) groups is 1. The van der Waals surface area contributed by atoms with Crippen molar-refractivity contribution in [1.29, 1.82) is 0 Å². The number of nitrogens with one attached hydrogen (secondary N) is 1. The van der Waals surface area contributed by atoms with Gasteiger partial charge in [-0.2, -0.15) is 0 Å². The molecule has 0 radical (unpaired) electrons. The maximum absolute atomic E-state index is 12.5. The van der Waals surface area contributed by atoms with E-state index < -0.39 is 5.76 Å². The molecule has 0 atom stereocenters. The van der Waals surface area contributed by atoms with E-state index in [0.29, 0.717) is 31.8 Å². The molecule has 0 saturated carbocycles. The number of anilines is 1. The number of nitrogens with zero attached hydrogens (tertiary/aromatic N) is 4. The van der Waals surface area contributed by atoms with Gasteiger partial charge in [-0.3, -0.25) is 4.57 Å². The maximum atomic E-state index is 12.5. The van der Waals surface area contributed by atoms with Gasteiger partial charge in [-0.1, -0.05) is 12.1 Å². The van der Waals surface area contributed by atoms with E-state index in [0.717, 1.165) is 35.9 Å². The summed E-state index contributed by atoms with van der Waals surface area (Å²) in [7, 11) is 0. The van der Waals surface area contributed by atoms with Crippen LogP contribution in [-0.2, 0) is 6.54 Å². The number of thiazole rings is 1. The average molecular weight is 401 g/mol. The molecule has 1 aromatic carbocycles. The number of aryl methyl sites for hydroxylation is 1. The summed E-state index contributed by atoms with van der Waals surface area (Å²) >= 11 is 1.64. The quantitative estimate of drug-likeness (QED) is 0.725. The number of rotatable bonds is 4. The van der Waals surface area contributed by atoms with Gasteiger partial charge in [-0.05, 0) is 25.5 Å². The molecule has 0 bridgehead atoms. The number of carbonyl (C=O) groups excluding carboxylic acids is 1. The summed E-state index contributed by atoms with van der Waals surface area (Å²) in [6, 6.07) is 7.19. The van der Waals surface area contributed by atoms with E-state index in [1.165, 1.54) is 0 Å². The molecule has 2 aromatic heterocycles. The fourth-order valence-corrected chi connectivity index (χ4v) is 4.27. The molecule has 1 aliphatic rings. The Morgan fingerprint density at radius 3 is 2.93 bits per heavy atom. The van der Waals surface area contributed by atoms with Gasteiger partial charge in [0.1, 0.15) is 0 Å². The molecule has 9 heteroatoms. The summed E-state index contributed by atoms with van der Waals surface area (Å²) in [6.07, 6.45) is 0.901. The summed E-state index contributed by atoms with van der Waals surface area (Å²) in [5.41, 5.74) is 2.33. The number of hydrogen-bond acceptors (Lipinski definition) is 6. The molecule has 4 rings (SSSR count). The molecule has 3 heterocycles. The summed E-state index contributed by atoms with van der Waals surface area (Å²) in [4.78, 5) is 33.2. The highest BCUT2D eigenvalue weighted by atomic mass is 32.1. The molecule has 0 spiro atoms. The van der Waals surface area contributed by atoms with Gasteiger partial charge in [0.2, 0.25) is 0 Å². The Morgan fingerprint density at radius 1 is 1.25 bits per heavy atom. The van der Waals surface area contributed by atoms with E-state index in [9.17, 15) is 9.59 Å². The minimum absolute atomic E-state index is 0.0991. The Balaban J connectivity index is 1.31. The monoisotopic (exact) mass is 401 g/mol. The lowest BCUT2D eigenvalue weighted by Gasteiger charge is -2.22. The van der Waals surface area contributed by atoms with Crippen molar-refractivity contribution < 1.29 is 9.21 Å². The Kier molecular flexibility index (Phi) is 5.34. The van der Waals surface area contributed by atoms with Crippen LogP contribution >= 0.6 is 11.3 Å². The number of amides is 2. The predicted molar refractivity (Wildman–Crippen MR) is 109 cm³/mol.